The molecule has 3 nitrogen and oxygen atoms in total. The first-order chi connectivity index (χ1) is 12.1. The average molecular weight is 372 g/mol. The molecule has 2 aromatic heterocycles. The van der Waals surface area contributed by atoms with Crippen LogP contribution in [0.25, 0.3) is 16.3 Å². The number of aromatic nitrogens is 2. The molecule has 130 valence electrons. The molecule has 5 heteroatoms. The molecule has 0 saturated heterocycles. The molecule has 1 aromatic carbocycles. The minimum atomic E-state index is 0.446. The van der Waals surface area contributed by atoms with Crippen molar-refractivity contribution in [3.8, 4) is 16.3 Å². The first-order valence-corrected chi connectivity index (χ1v) is 10.1. The van der Waals surface area contributed by atoms with E-state index in [2.05, 4.69) is 54.2 Å². The van der Waals surface area contributed by atoms with Gasteiger partial charge in [-0.05, 0) is 48.9 Å². The number of nitrogens with zero attached hydrogens (tertiary/aromatic N) is 2. The lowest BCUT2D eigenvalue weighted by Crippen LogP contribution is -2.09. The first kappa shape index (κ1) is 16.7. The number of halogens is 1. The fourth-order valence-corrected chi connectivity index (χ4v) is 4.54. The van der Waals surface area contributed by atoms with Crippen molar-refractivity contribution in [3.63, 3.8) is 0 Å². The summed E-state index contributed by atoms with van der Waals surface area (Å²) < 4.78 is 2.92. The van der Waals surface area contributed by atoms with E-state index in [1.807, 2.05) is 6.07 Å². The number of fused-ring (bicyclic) bond motifs is 1. The molecule has 0 fully saturated rings. The van der Waals surface area contributed by atoms with Gasteiger partial charge in [-0.1, -0.05) is 43.6 Å². The second-order valence-electron chi connectivity index (χ2n) is 6.79. The largest absolute Gasteiger partial charge is 0.370 e. The van der Waals surface area contributed by atoms with Gasteiger partial charge in [-0.25, -0.2) is 4.68 Å². The Morgan fingerprint density at radius 1 is 1.16 bits per heavy atom. The minimum Gasteiger partial charge on any atom is -0.370 e. The van der Waals surface area contributed by atoms with Crippen LogP contribution in [-0.4, -0.2) is 16.3 Å². The van der Waals surface area contributed by atoms with Crippen LogP contribution in [0.3, 0.4) is 0 Å². The molecule has 1 N–H and O–H groups in total. The molecule has 0 aliphatic carbocycles. The van der Waals surface area contributed by atoms with Gasteiger partial charge in [0.25, 0.3) is 0 Å². The number of nitrogens with one attached hydrogen (secondary N) is 1. The second kappa shape index (κ2) is 6.85. The summed E-state index contributed by atoms with van der Waals surface area (Å²) in [5, 5.41) is 8.66. The number of hydrogen-bond donors (Lipinski definition) is 1. The summed E-state index contributed by atoms with van der Waals surface area (Å²) >= 11 is 7.79. The van der Waals surface area contributed by atoms with Crippen LogP contribution in [-0.2, 0) is 6.42 Å². The highest BCUT2D eigenvalue weighted by atomic mass is 35.5. The van der Waals surface area contributed by atoms with Crippen molar-refractivity contribution in [2.45, 2.75) is 39.0 Å². The van der Waals surface area contributed by atoms with Gasteiger partial charge >= 0.3 is 0 Å². The van der Waals surface area contributed by atoms with E-state index in [4.69, 9.17) is 16.7 Å². The molecular formula is C20H22ClN3S. The van der Waals surface area contributed by atoms with Crippen molar-refractivity contribution >= 4 is 28.8 Å². The Kier molecular flexibility index (Phi) is 4.57. The Morgan fingerprint density at radius 2 is 2.00 bits per heavy atom. The Labute approximate surface area is 157 Å². The Balaban J connectivity index is 1.93. The molecule has 25 heavy (non-hydrogen) atoms. The lowest BCUT2D eigenvalue weighted by Gasteiger charge is -2.15. The zero-order valence-electron chi connectivity index (χ0n) is 14.6. The summed E-state index contributed by atoms with van der Waals surface area (Å²) in [6.07, 6.45) is 3.42. The molecule has 0 unspecified atom stereocenters. The van der Waals surface area contributed by atoms with Gasteiger partial charge in [-0.15, -0.1) is 11.3 Å². The Hall–Kier alpha value is -1.78. The van der Waals surface area contributed by atoms with E-state index in [0.29, 0.717) is 5.92 Å². The number of para-hydroxylation sites is 1. The van der Waals surface area contributed by atoms with Gasteiger partial charge in [0.15, 0.2) is 0 Å². The zero-order valence-corrected chi connectivity index (χ0v) is 16.1. The SMILES string of the molecule is CC(C)c1ccccc1-n1nc(-c2ccc(Cl)s2)c2c1NCCCC2. The summed E-state index contributed by atoms with van der Waals surface area (Å²) in [4.78, 5) is 1.14. The van der Waals surface area contributed by atoms with Crippen LogP contribution in [0.15, 0.2) is 36.4 Å². The fraction of sp³-hybridized carbons (Fsp3) is 0.350. The van der Waals surface area contributed by atoms with Crippen LogP contribution in [0.2, 0.25) is 4.34 Å². The van der Waals surface area contributed by atoms with Crippen LogP contribution in [0.4, 0.5) is 5.82 Å². The molecule has 0 radical (unpaired) electrons. The van der Waals surface area contributed by atoms with E-state index in [0.717, 1.165) is 39.4 Å². The molecule has 3 heterocycles. The van der Waals surface area contributed by atoms with Gasteiger partial charge in [0.05, 0.1) is 14.9 Å². The predicted octanol–water partition coefficient (Wildman–Crippen LogP) is 6.13. The Bertz CT molecular complexity index is 894. The summed E-state index contributed by atoms with van der Waals surface area (Å²) in [6.45, 7) is 5.45. The highest BCUT2D eigenvalue weighted by Gasteiger charge is 2.23. The maximum Gasteiger partial charge on any atom is 0.133 e. The third kappa shape index (κ3) is 3.09. The highest BCUT2D eigenvalue weighted by molar-refractivity contribution is 7.19. The fourth-order valence-electron chi connectivity index (χ4n) is 3.48. The number of rotatable bonds is 3. The van der Waals surface area contributed by atoms with Gasteiger partial charge in [-0.2, -0.15) is 5.10 Å². The van der Waals surface area contributed by atoms with E-state index in [1.54, 1.807) is 11.3 Å². The van der Waals surface area contributed by atoms with Gasteiger partial charge in [0.2, 0.25) is 0 Å². The van der Waals surface area contributed by atoms with Gasteiger partial charge in [-0.3, -0.25) is 0 Å². The number of hydrogen-bond acceptors (Lipinski definition) is 3. The van der Waals surface area contributed by atoms with E-state index >= 15 is 0 Å². The third-order valence-corrected chi connectivity index (χ3v) is 5.96. The maximum atomic E-state index is 6.18. The summed E-state index contributed by atoms with van der Waals surface area (Å²) in [5.74, 6) is 1.59. The van der Waals surface area contributed by atoms with E-state index in [1.165, 1.54) is 24.0 Å². The number of anilines is 1. The number of benzene rings is 1. The monoisotopic (exact) mass is 371 g/mol. The van der Waals surface area contributed by atoms with Crippen LogP contribution in [0.5, 0.6) is 0 Å². The summed E-state index contributed by atoms with van der Waals surface area (Å²) in [7, 11) is 0. The molecule has 0 atom stereocenters. The van der Waals surface area contributed by atoms with Crippen molar-refractivity contribution in [1.29, 1.82) is 0 Å². The second-order valence-corrected chi connectivity index (χ2v) is 8.50. The quantitative estimate of drug-likeness (QED) is 0.600. The molecule has 1 aliphatic rings. The van der Waals surface area contributed by atoms with Crippen molar-refractivity contribution in [1.82, 2.24) is 9.78 Å². The molecule has 0 saturated carbocycles. The minimum absolute atomic E-state index is 0.446. The maximum absolute atomic E-state index is 6.18. The van der Waals surface area contributed by atoms with E-state index in [-0.39, 0.29) is 0 Å². The van der Waals surface area contributed by atoms with Crippen molar-refractivity contribution in [3.05, 3.63) is 51.9 Å². The lowest BCUT2D eigenvalue weighted by molar-refractivity contribution is 0.777. The van der Waals surface area contributed by atoms with Gasteiger partial charge < -0.3 is 5.32 Å². The lowest BCUT2D eigenvalue weighted by atomic mass is 10.0. The summed E-state index contributed by atoms with van der Waals surface area (Å²) in [5.41, 5.74) is 4.86. The van der Waals surface area contributed by atoms with Gasteiger partial charge in [0.1, 0.15) is 11.5 Å². The summed E-state index contributed by atoms with van der Waals surface area (Å²) in [6, 6.07) is 12.6. The van der Waals surface area contributed by atoms with Crippen LogP contribution < -0.4 is 5.32 Å². The zero-order chi connectivity index (χ0) is 17.4. The topological polar surface area (TPSA) is 29.9 Å². The van der Waals surface area contributed by atoms with Crippen molar-refractivity contribution in [2.75, 3.05) is 11.9 Å². The molecule has 0 bridgehead atoms. The predicted molar refractivity (Wildman–Crippen MR) is 107 cm³/mol. The van der Waals surface area contributed by atoms with Crippen LogP contribution in [0.1, 0.15) is 43.7 Å². The smallest absolute Gasteiger partial charge is 0.133 e. The molecule has 1 aliphatic heterocycles. The number of thiophene rings is 1. The van der Waals surface area contributed by atoms with Gasteiger partial charge in [0, 0.05) is 12.1 Å². The third-order valence-electron chi connectivity index (χ3n) is 4.72. The molecule has 3 aromatic rings. The highest BCUT2D eigenvalue weighted by Crippen LogP contribution is 2.39. The molecule has 0 spiro atoms. The normalized spacial score (nSPS) is 14.2. The molecule has 0 amide bonds. The van der Waals surface area contributed by atoms with Crippen LogP contribution >= 0.6 is 22.9 Å². The first-order valence-electron chi connectivity index (χ1n) is 8.86. The standard InChI is InChI=1S/C20H22ClN3S/c1-13(2)14-7-3-4-9-16(14)24-20-15(8-5-6-12-22-20)19(23-24)17-10-11-18(21)25-17/h3-4,7,9-11,13,22H,5-6,8,12H2,1-2H3. The van der Waals surface area contributed by atoms with Crippen molar-refractivity contribution in [2.24, 2.45) is 0 Å². The van der Waals surface area contributed by atoms with E-state index < -0.39 is 0 Å². The average Bonchev–Trinajstić information content (AvgIpc) is 3.10. The molecular weight excluding hydrogens is 350 g/mol. The molecule has 4 rings (SSSR count). The van der Waals surface area contributed by atoms with E-state index in [9.17, 15) is 0 Å². The van der Waals surface area contributed by atoms with Crippen LogP contribution in [0, 0.1) is 0 Å². The Morgan fingerprint density at radius 3 is 2.76 bits per heavy atom. The van der Waals surface area contributed by atoms with Crippen molar-refractivity contribution < 1.29 is 0 Å².